The van der Waals surface area contributed by atoms with E-state index in [9.17, 15) is 9.90 Å². The molecule has 0 saturated carbocycles. The molecule has 0 aromatic rings. The molecule has 0 saturated heterocycles. The number of rotatable bonds is 3. The molecule has 68 valence electrons. The Kier molecular flexibility index (Phi) is 3.29. The largest absolute Gasteiger partial charge is 0.466 e. The van der Waals surface area contributed by atoms with Gasteiger partial charge in [0.1, 0.15) is 0 Å². The highest BCUT2D eigenvalue weighted by Crippen LogP contribution is 2.21. The van der Waals surface area contributed by atoms with Gasteiger partial charge in [0.15, 0.2) is 0 Å². The number of carbonyl (C=O) groups is 1. The quantitative estimate of drug-likeness (QED) is 0.505. The van der Waals surface area contributed by atoms with Crippen molar-refractivity contribution in [2.45, 2.75) is 25.9 Å². The van der Waals surface area contributed by atoms with E-state index in [2.05, 4.69) is 0 Å². The van der Waals surface area contributed by atoms with Gasteiger partial charge in [-0.15, -0.1) is 0 Å². The SMILES string of the molecule is CC(=O)OCC[C@@H]1CC=C[C@@H]1O. The third-order valence-electron chi connectivity index (χ3n) is 2.05. The molecule has 1 aliphatic carbocycles. The van der Waals surface area contributed by atoms with Crippen molar-refractivity contribution in [3.05, 3.63) is 12.2 Å². The second kappa shape index (κ2) is 4.26. The number of allylic oxidation sites excluding steroid dienone is 1. The van der Waals surface area contributed by atoms with E-state index in [1.54, 1.807) is 6.08 Å². The number of aliphatic hydroxyl groups is 1. The predicted molar refractivity (Wildman–Crippen MR) is 44.5 cm³/mol. The molecular formula is C9H14O3. The average Bonchev–Trinajstić information content (AvgIpc) is 2.36. The molecule has 0 aromatic carbocycles. The molecule has 0 radical (unpaired) electrons. The van der Waals surface area contributed by atoms with Crippen molar-refractivity contribution < 1.29 is 14.6 Å². The molecule has 3 heteroatoms. The maximum atomic E-state index is 10.4. The van der Waals surface area contributed by atoms with Crippen molar-refractivity contribution in [2.75, 3.05) is 6.61 Å². The lowest BCUT2D eigenvalue weighted by molar-refractivity contribution is -0.141. The molecule has 1 aliphatic rings. The standard InChI is InChI=1S/C9H14O3/c1-7(10)12-6-5-8-3-2-4-9(8)11/h2,4,8-9,11H,3,5-6H2,1H3/t8-,9-/m0/s1. The van der Waals surface area contributed by atoms with Crippen LogP contribution in [0.25, 0.3) is 0 Å². The van der Waals surface area contributed by atoms with Crippen molar-refractivity contribution in [1.82, 2.24) is 0 Å². The monoisotopic (exact) mass is 170 g/mol. The van der Waals surface area contributed by atoms with E-state index in [1.165, 1.54) is 6.92 Å². The highest BCUT2D eigenvalue weighted by Gasteiger charge is 2.19. The first-order chi connectivity index (χ1) is 5.70. The van der Waals surface area contributed by atoms with Gasteiger partial charge in [0.05, 0.1) is 12.7 Å². The Morgan fingerprint density at radius 2 is 2.50 bits per heavy atom. The molecule has 0 unspecified atom stereocenters. The molecule has 0 bridgehead atoms. The van der Waals surface area contributed by atoms with E-state index in [0.717, 1.165) is 12.8 Å². The number of carbonyl (C=O) groups excluding carboxylic acids is 1. The first-order valence-corrected chi connectivity index (χ1v) is 4.18. The Balaban J connectivity index is 2.12. The molecule has 12 heavy (non-hydrogen) atoms. The number of aliphatic hydroxyl groups excluding tert-OH is 1. The fourth-order valence-corrected chi connectivity index (χ4v) is 1.33. The van der Waals surface area contributed by atoms with Crippen LogP contribution in [-0.2, 0) is 9.53 Å². The van der Waals surface area contributed by atoms with E-state index in [0.29, 0.717) is 6.61 Å². The molecule has 3 nitrogen and oxygen atoms in total. The molecule has 0 heterocycles. The zero-order chi connectivity index (χ0) is 8.97. The van der Waals surface area contributed by atoms with Gasteiger partial charge in [0.2, 0.25) is 0 Å². The van der Waals surface area contributed by atoms with Crippen LogP contribution in [0.5, 0.6) is 0 Å². The van der Waals surface area contributed by atoms with E-state index in [1.807, 2.05) is 6.08 Å². The minimum Gasteiger partial charge on any atom is -0.466 e. The first kappa shape index (κ1) is 9.26. The van der Waals surface area contributed by atoms with Gasteiger partial charge in [-0.05, 0) is 18.8 Å². The summed E-state index contributed by atoms with van der Waals surface area (Å²) in [5.41, 5.74) is 0. The highest BCUT2D eigenvalue weighted by atomic mass is 16.5. The van der Waals surface area contributed by atoms with Crippen LogP contribution in [0.4, 0.5) is 0 Å². The minimum atomic E-state index is -0.347. The predicted octanol–water partition coefficient (Wildman–Crippen LogP) is 0.877. The molecule has 1 rings (SSSR count). The molecule has 2 atom stereocenters. The Hall–Kier alpha value is -0.830. The Labute approximate surface area is 72.0 Å². The van der Waals surface area contributed by atoms with Crippen LogP contribution in [0.15, 0.2) is 12.2 Å². The minimum absolute atomic E-state index is 0.240. The number of hydrogen-bond acceptors (Lipinski definition) is 3. The van der Waals surface area contributed by atoms with Crippen LogP contribution in [-0.4, -0.2) is 23.8 Å². The summed E-state index contributed by atoms with van der Waals surface area (Å²) in [5.74, 6) is -0.0141. The van der Waals surface area contributed by atoms with Crippen molar-refractivity contribution in [1.29, 1.82) is 0 Å². The van der Waals surface area contributed by atoms with Crippen molar-refractivity contribution in [3.63, 3.8) is 0 Å². The van der Waals surface area contributed by atoms with E-state index in [4.69, 9.17) is 4.74 Å². The van der Waals surface area contributed by atoms with Gasteiger partial charge in [-0.1, -0.05) is 12.2 Å². The summed E-state index contributed by atoms with van der Waals surface area (Å²) >= 11 is 0. The van der Waals surface area contributed by atoms with Crippen molar-refractivity contribution in [3.8, 4) is 0 Å². The zero-order valence-electron chi connectivity index (χ0n) is 7.19. The molecule has 0 spiro atoms. The fraction of sp³-hybridized carbons (Fsp3) is 0.667. The van der Waals surface area contributed by atoms with Gasteiger partial charge in [-0.2, -0.15) is 0 Å². The van der Waals surface area contributed by atoms with Crippen LogP contribution in [0.1, 0.15) is 19.8 Å². The lowest BCUT2D eigenvalue weighted by Gasteiger charge is -2.13. The summed E-state index contributed by atoms with van der Waals surface area (Å²) < 4.78 is 4.77. The normalized spacial score (nSPS) is 27.5. The fourth-order valence-electron chi connectivity index (χ4n) is 1.33. The maximum Gasteiger partial charge on any atom is 0.302 e. The second-order valence-corrected chi connectivity index (χ2v) is 3.04. The maximum absolute atomic E-state index is 10.4. The molecule has 0 fully saturated rings. The van der Waals surface area contributed by atoms with E-state index < -0.39 is 0 Å². The number of esters is 1. The topological polar surface area (TPSA) is 46.5 Å². The summed E-state index contributed by atoms with van der Waals surface area (Å²) in [6.45, 7) is 1.81. The van der Waals surface area contributed by atoms with Crippen LogP contribution in [0, 0.1) is 5.92 Å². The summed E-state index contributed by atoms with van der Waals surface area (Å²) in [6, 6.07) is 0. The van der Waals surface area contributed by atoms with E-state index in [-0.39, 0.29) is 18.0 Å². The molecule has 1 N–H and O–H groups in total. The number of hydrogen-bond donors (Lipinski definition) is 1. The Morgan fingerprint density at radius 1 is 1.75 bits per heavy atom. The van der Waals surface area contributed by atoms with Gasteiger partial charge >= 0.3 is 5.97 Å². The average molecular weight is 170 g/mol. The van der Waals surface area contributed by atoms with Crippen LogP contribution in [0.2, 0.25) is 0 Å². The molecule has 0 aromatic heterocycles. The van der Waals surface area contributed by atoms with Crippen LogP contribution >= 0.6 is 0 Å². The van der Waals surface area contributed by atoms with Gasteiger partial charge in [-0.25, -0.2) is 0 Å². The highest BCUT2D eigenvalue weighted by molar-refractivity contribution is 5.65. The summed E-state index contributed by atoms with van der Waals surface area (Å²) in [7, 11) is 0. The molecular weight excluding hydrogens is 156 g/mol. The summed E-state index contributed by atoms with van der Waals surface area (Å²) in [6.07, 6.45) is 5.04. The molecule has 0 aliphatic heterocycles. The van der Waals surface area contributed by atoms with Crippen molar-refractivity contribution in [2.24, 2.45) is 5.92 Å². The third kappa shape index (κ3) is 2.66. The lowest BCUT2D eigenvalue weighted by Crippen LogP contribution is -2.16. The second-order valence-electron chi connectivity index (χ2n) is 3.04. The summed E-state index contributed by atoms with van der Waals surface area (Å²) in [4.78, 5) is 10.4. The third-order valence-corrected chi connectivity index (χ3v) is 2.05. The Bertz CT molecular complexity index is 186. The van der Waals surface area contributed by atoms with Crippen molar-refractivity contribution >= 4 is 5.97 Å². The van der Waals surface area contributed by atoms with Gasteiger partial charge < -0.3 is 9.84 Å². The summed E-state index contributed by atoms with van der Waals surface area (Å²) in [5, 5.41) is 9.33. The molecule has 0 amide bonds. The van der Waals surface area contributed by atoms with E-state index >= 15 is 0 Å². The lowest BCUT2D eigenvalue weighted by atomic mass is 10.0. The van der Waals surface area contributed by atoms with Gasteiger partial charge in [0.25, 0.3) is 0 Å². The number of ether oxygens (including phenoxy) is 1. The Morgan fingerprint density at radius 3 is 3.00 bits per heavy atom. The zero-order valence-corrected chi connectivity index (χ0v) is 7.19. The first-order valence-electron chi connectivity index (χ1n) is 4.18. The van der Waals surface area contributed by atoms with Crippen LogP contribution < -0.4 is 0 Å². The van der Waals surface area contributed by atoms with Gasteiger partial charge in [-0.3, -0.25) is 4.79 Å². The smallest absolute Gasteiger partial charge is 0.302 e. The van der Waals surface area contributed by atoms with Gasteiger partial charge in [0, 0.05) is 6.92 Å². The van der Waals surface area contributed by atoms with Crippen LogP contribution in [0.3, 0.4) is 0 Å².